The Morgan fingerprint density at radius 3 is 2.67 bits per heavy atom. The zero-order valence-electron chi connectivity index (χ0n) is 13.7. The van der Waals surface area contributed by atoms with Gasteiger partial charge in [-0.05, 0) is 68.3 Å². The lowest BCUT2D eigenvalue weighted by molar-refractivity contribution is -0.117. The second kappa shape index (κ2) is 7.95. The topological polar surface area (TPSA) is 120 Å². The quantitative estimate of drug-likeness (QED) is 0.164. The summed E-state index contributed by atoms with van der Waals surface area (Å²) < 4.78 is 0.454. The van der Waals surface area contributed by atoms with E-state index in [0.29, 0.717) is 15.7 Å². The number of hydrazine groups is 1. The molecule has 6 N–H and O–H groups in total. The van der Waals surface area contributed by atoms with Gasteiger partial charge in [-0.3, -0.25) is 15.2 Å². The number of phenolic OH excluding ortho intramolecular Hbond substituents is 2. The molecule has 1 amide bonds. The first-order chi connectivity index (χ1) is 12.9. The molecule has 0 saturated heterocycles. The highest BCUT2D eigenvalue weighted by molar-refractivity contribution is 9.11. The summed E-state index contributed by atoms with van der Waals surface area (Å²) in [5, 5.41) is 24.0. The predicted molar refractivity (Wildman–Crippen MR) is 111 cm³/mol. The van der Waals surface area contributed by atoms with E-state index in [2.05, 4.69) is 47.6 Å². The average molecular weight is 494 g/mol. The standard InChI is InChI=1S/C18H14Br2N4O3/c19-12-7-10(16(25)15(20)17(12)26)8-14(18(27)24-21)23-11-3-4-13-9(6-11)2-1-5-22-13/h1-8,23,25-26H,21H2,(H,24,27). The van der Waals surface area contributed by atoms with Gasteiger partial charge >= 0.3 is 0 Å². The number of carbonyl (C=O) groups is 1. The van der Waals surface area contributed by atoms with Gasteiger partial charge in [-0.1, -0.05) is 6.07 Å². The molecule has 0 radical (unpaired) electrons. The SMILES string of the molecule is NNC(=O)C(=Cc1cc(Br)c(O)c(Br)c1O)Nc1ccc2ncccc2c1. The number of fused-ring (bicyclic) bond motifs is 1. The Morgan fingerprint density at radius 1 is 1.15 bits per heavy atom. The normalized spacial score (nSPS) is 11.4. The fraction of sp³-hybridized carbons (Fsp3) is 0. The average Bonchev–Trinajstić information content (AvgIpc) is 2.69. The van der Waals surface area contributed by atoms with Crippen molar-refractivity contribution in [2.45, 2.75) is 0 Å². The number of carbonyl (C=O) groups excluding carboxylic acids is 1. The van der Waals surface area contributed by atoms with Gasteiger partial charge in [0.15, 0.2) is 0 Å². The lowest BCUT2D eigenvalue weighted by Crippen LogP contribution is -2.33. The summed E-state index contributed by atoms with van der Waals surface area (Å²) >= 11 is 6.30. The van der Waals surface area contributed by atoms with Crippen LogP contribution in [0.3, 0.4) is 0 Å². The highest BCUT2D eigenvalue weighted by atomic mass is 79.9. The number of hydrogen-bond acceptors (Lipinski definition) is 6. The lowest BCUT2D eigenvalue weighted by atomic mass is 10.1. The molecule has 0 saturated carbocycles. The number of nitrogens with zero attached hydrogens (tertiary/aromatic N) is 1. The third-order valence-corrected chi connectivity index (χ3v) is 5.11. The molecule has 27 heavy (non-hydrogen) atoms. The summed E-state index contributed by atoms with van der Waals surface area (Å²) in [6.45, 7) is 0. The molecule has 0 fully saturated rings. The fourth-order valence-corrected chi connectivity index (χ4v) is 3.58. The smallest absolute Gasteiger partial charge is 0.281 e. The Kier molecular flexibility index (Phi) is 5.64. The van der Waals surface area contributed by atoms with Gasteiger partial charge in [-0.15, -0.1) is 0 Å². The summed E-state index contributed by atoms with van der Waals surface area (Å²) in [4.78, 5) is 16.4. The van der Waals surface area contributed by atoms with Crippen LogP contribution in [0.1, 0.15) is 5.56 Å². The van der Waals surface area contributed by atoms with Gasteiger partial charge in [-0.2, -0.15) is 0 Å². The molecular formula is C18H14Br2N4O3. The molecule has 1 heterocycles. The fourth-order valence-electron chi connectivity index (χ4n) is 2.43. The van der Waals surface area contributed by atoms with E-state index in [9.17, 15) is 15.0 Å². The molecule has 0 atom stereocenters. The molecule has 3 rings (SSSR count). The van der Waals surface area contributed by atoms with Crippen LogP contribution in [-0.2, 0) is 4.79 Å². The van der Waals surface area contributed by atoms with Crippen molar-refractivity contribution in [3.05, 3.63) is 62.8 Å². The Morgan fingerprint density at radius 2 is 1.93 bits per heavy atom. The van der Waals surface area contributed by atoms with E-state index in [-0.39, 0.29) is 21.7 Å². The maximum absolute atomic E-state index is 12.2. The van der Waals surface area contributed by atoms with Crippen LogP contribution < -0.4 is 16.6 Å². The Labute approximate surface area is 171 Å². The van der Waals surface area contributed by atoms with Crippen LogP contribution >= 0.6 is 31.9 Å². The van der Waals surface area contributed by atoms with E-state index < -0.39 is 5.91 Å². The molecule has 3 aromatic rings. The Balaban J connectivity index is 2.04. The number of nitrogens with one attached hydrogen (secondary N) is 2. The second-order valence-corrected chi connectivity index (χ2v) is 7.17. The number of anilines is 1. The number of rotatable bonds is 4. The monoisotopic (exact) mass is 492 g/mol. The number of nitrogens with two attached hydrogens (primary N) is 1. The van der Waals surface area contributed by atoms with Crippen molar-refractivity contribution in [1.29, 1.82) is 0 Å². The van der Waals surface area contributed by atoms with Crippen molar-refractivity contribution >= 4 is 60.4 Å². The number of hydrogen-bond donors (Lipinski definition) is 5. The van der Waals surface area contributed by atoms with Gasteiger partial charge in [0.05, 0.1) is 9.99 Å². The molecule has 2 aromatic carbocycles. The molecular weight excluding hydrogens is 480 g/mol. The zero-order chi connectivity index (χ0) is 19.6. The van der Waals surface area contributed by atoms with Crippen LogP contribution in [0.5, 0.6) is 11.5 Å². The third-order valence-electron chi connectivity index (χ3n) is 3.76. The van der Waals surface area contributed by atoms with Gasteiger partial charge in [0, 0.05) is 22.8 Å². The second-order valence-electron chi connectivity index (χ2n) is 5.53. The molecule has 0 aliphatic heterocycles. The van der Waals surface area contributed by atoms with Gasteiger partial charge in [0.1, 0.15) is 21.7 Å². The van der Waals surface area contributed by atoms with Crippen molar-refractivity contribution in [3.63, 3.8) is 0 Å². The largest absolute Gasteiger partial charge is 0.506 e. The van der Waals surface area contributed by atoms with Crippen LogP contribution in [-0.4, -0.2) is 21.1 Å². The summed E-state index contributed by atoms with van der Waals surface area (Å²) in [5.41, 5.74) is 3.92. The lowest BCUT2D eigenvalue weighted by Gasteiger charge is -2.12. The first-order valence-corrected chi connectivity index (χ1v) is 9.23. The van der Waals surface area contributed by atoms with Crippen molar-refractivity contribution in [2.75, 3.05) is 5.32 Å². The summed E-state index contributed by atoms with van der Waals surface area (Å²) in [7, 11) is 0. The van der Waals surface area contributed by atoms with Crippen molar-refractivity contribution in [2.24, 2.45) is 5.84 Å². The Bertz CT molecular complexity index is 1070. The zero-order valence-corrected chi connectivity index (χ0v) is 16.9. The molecule has 7 nitrogen and oxygen atoms in total. The number of benzene rings is 2. The summed E-state index contributed by atoms with van der Waals surface area (Å²) in [6.07, 6.45) is 3.12. The van der Waals surface area contributed by atoms with Crippen LogP contribution in [0.4, 0.5) is 5.69 Å². The number of aromatic nitrogens is 1. The number of pyridine rings is 1. The van der Waals surface area contributed by atoms with Crippen molar-refractivity contribution in [1.82, 2.24) is 10.4 Å². The molecule has 138 valence electrons. The van der Waals surface area contributed by atoms with Crippen LogP contribution in [0.15, 0.2) is 57.2 Å². The molecule has 0 aliphatic carbocycles. The maximum Gasteiger partial charge on any atom is 0.281 e. The maximum atomic E-state index is 12.2. The van der Waals surface area contributed by atoms with E-state index in [1.54, 1.807) is 12.3 Å². The molecule has 0 aliphatic rings. The summed E-state index contributed by atoms with van der Waals surface area (Å²) in [6, 6.07) is 10.6. The molecule has 0 bridgehead atoms. The molecule has 1 aromatic heterocycles. The first-order valence-electron chi connectivity index (χ1n) is 7.65. The highest BCUT2D eigenvalue weighted by Gasteiger charge is 2.16. The minimum absolute atomic E-state index is 0.0977. The van der Waals surface area contributed by atoms with Crippen LogP contribution in [0, 0.1) is 0 Å². The highest BCUT2D eigenvalue weighted by Crippen LogP contribution is 2.42. The number of phenols is 2. The number of amides is 1. The summed E-state index contributed by atoms with van der Waals surface area (Å²) in [5.74, 6) is 4.33. The molecule has 0 unspecified atom stereocenters. The molecule has 9 heteroatoms. The van der Waals surface area contributed by atoms with E-state index in [0.717, 1.165) is 10.9 Å². The van der Waals surface area contributed by atoms with E-state index in [4.69, 9.17) is 5.84 Å². The number of halogens is 2. The third kappa shape index (κ3) is 4.05. The molecule has 0 spiro atoms. The van der Waals surface area contributed by atoms with Gasteiger partial charge in [-0.25, -0.2) is 5.84 Å². The Hall–Kier alpha value is -2.62. The first kappa shape index (κ1) is 19.2. The predicted octanol–water partition coefficient (Wildman–Crippen LogP) is 3.61. The van der Waals surface area contributed by atoms with Gasteiger partial charge in [0.25, 0.3) is 5.91 Å². The van der Waals surface area contributed by atoms with Gasteiger partial charge in [0.2, 0.25) is 0 Å². The number of aromatic hydroxyl groups is 2. The minimum Gasteiger partial charge on any atom is -0.506 e. The van der Waals surface area contributed by atoms with Gasteiger partial charge < -0.3 is 15.5 Å². The van der Waals surface area contributed by atoms with E-state index in [1.165, 1.54) is 12.1 Å². The van der Waals surface area contributed by atoms with E-state index in [1.807, 2.05) is 24.3 Å². The van der Waals surface area contributed by atoms with Crippen molar-refractivity contribution in [3.8, 4) is 11.5 Å². The van der Waals surface area contributed by atoms with Crippen molar-refractivity contribution < 1.29 is 15.0 Å². The van der Waals surface area contributed by atoms with Crippen LogP contribution in [0.2, 0.25) is 0 Å². The minimum atomic E-state index is -0.582. The van der Waals surface area contributed by atoms with Crippen LogP contribution in [0.25, 0.3) is 17.0 Å². The van der Waals surface area contributed by atoms with E-state index >= 15 is 0 Å².